The van der Waals surface area contributed by atoms with Gasteiger partial charge in [0.05, 0.1) is 25.2 Å². The molecule has 3 fully saturated rings. The number of rotatable bonds is 6. The first-order valence-corrected chi connectivity index (χ1v) is 12.2. The van der Waals surface area contributed by atoms with Crippen LogP contribution in [0.4, 0.5) is 5.82 Å². The predicted molar refractivity (Wildman–Crippen MR) is 126 cm³/mol. The third kappa shape index (κ3) is 4.59. The number of aromatic nitrogens is 2. The van der Waals surface area contributed by atoms with E-state index in [1.165, 1.54) is 32.1 Å². The van der Waals surface area contributed by atoms with Gasteiger partial charge in [0, 0.05) is 44.7 Å². The molecule has 1 atom stereocenters. The van der Waals surface area contributed by atoms with Gasteiger partial charge in [0.1, 0.15) is 11.6 Å². The average molecular weight is 438 g/mol. The molecule has 172 valence electrons. The van der Waals surface area contributed by atoms with Gasteiger partial charge in [-0.05, 0) is 43.7 Å². The quantitative estimate of drug-likeness (QED) is 0.692. The number of anilines is 1. The lowest BCUT2D eigenvalue weighted by Gasteiger charge is -2.37. The third-order valence-corrected chi connectivity index (χ3v) is 7.32. The number of carbonyl (C=O) groups is 1. The summed E-state index contributed by atoms with van der Waals surface area (Å²) in [6, 6.07) is 8.76. The van der Waals surface area contributed by atoms with Crippen LogP contribution >= 0.6 is 0 Å². The van der Waals surface area contributed by atoms with E-state index in [0.717, 1.165) is 61.8 Å². The van der Waals surface area contributed by atoms with Gasteiger partial charge in [0.15, 0.2) is 0 Å². The zero-order valence-electron chi connectivity index (χ0n) is 19.2. The second-order valence-corrected chi connectivity index (χ2v) is 9.63. The molecular formula is C25H35N5O2. The summed E-state index contributed by atoms with van der Waals surface area (Å²) in [7, 11) is 1.78. The number of hydrogen-bond acceptors (Lipinski definition) is 6. The molecule has 32 heavy (non-hydrogen) atoms. The number of fused-ring (bicyclic) bond motifs is 1. The lowest BCUT2D eigenvalue weighted by molar-refractivity contribution is -0.138. The first kappa shape index (κ1) is 21.6. The molecule has 7 nitrogen and oxygen atoms in total. The van der Waals surface area contributed by atoms with Gasteiger partial charge in [-0.25, -0.2) is 9.97 Å². The number of benzene rings is 1. The summed E-state index contributed by atoms with van der Waals surface area (Å²) in [6.45, 7) is 5.59. The molecule has 1 unspecified atom stereocenters. The maximum atomic E-state index is 12.8. The van der Waals surface area contributed by atoms with Crippen molar-refractivity contribution in [3.63, 3.8) is 0 Å². The van der Waals surface area contributed by atoms with Crippen molar-refractivity contribution in [2.24, 2.45) is 5.92 Å². The van der Waals surface area contributed by atoms with Gasteiger partial charge in [0.2, 0.25) is 5.91 Å². The predicted octanol–water partition coefficient (Wildman–Crippen LogP) is 3.08. The smallest absolute Gasteiger partial charge is 0.237 e. The van der Waals surface area contributed by atoms with Crippen molar-refractivity contribution in [1.82, 2.24) is 19.8 Å². The SMILES string of the molecule is COCC1CCCN(c2nc(CN3CCN(C4CCCC4)C(=O)C3)nc3ccccc23)C1. The highest BCUT2D eigenvalue weighted by Gasteiger charge is 2.31. The number of carbonyl (C=O) groups excluding carboxylic acids is 1. The number of piperazine rings is 1. The number of methoxy groups -OCH3 is 1. The van der Waals surface area contributed by atoms with Crippen molar-refractivity contribution in [2.45, 2.75) is 51.1 Å². The van der Waals surface area contributed by atoms with Crippen LogP contribution in [0.5, 0.6) is 0 Å². The van der Waals surface area contributed by atoms with Gasteiger partial charge < -0.3 is 14.5 Å². The van der Waals surface area contributed by atoms with Crippen molar-refractivity contribution in [3.8, 4) is 0 Å². The zero-order valence-corrected chi connectivity index (χ0v) is 19.2. The number of hydrogen-bond donors (Lipinski definition) is 0. The fourth-order valence-electron chi connectivity index (χ4n) is 5.72. The summed E-state index contributed by atoms with van der Waals surface area (Å²) in [5.74, 6) is 2.65. The van der Waals surface area contributed by atoms with Crippen LogP contribution in [0.15, 0.2) is 24.3 Å². The first-order valence-electron chi connectivity index (χ1n) is 12.2. The minimum atomic E-state index is 0.266. The molecule has 1 aromatic heterocycles. The van der Waals surface area contributed by atoms with Crippen molar-refractivity contribution in [1.29, 1.82) is 0 Å². The molecule has 3 heterocycles. The standard InChI is InChI=1S/C25H35N5O2/c1-32-18-19-7-6-12-29(15-19)25-21-10-4-5-11-22(21)26-23(27-25)16-28-13-14-30(24(31)17-28)20-8-2-3-9-20/h4-5,10-11,19-20H,2-3,6-9,12-18H2,1H3. The first-order chi connectivity index (χ1) is 15.7. The Morgan fingerprint density at radius 3 is 2.69 bits per heavy atom. The number of nitrogens with zero attached hydrogens (tertiary/aromatic N) is 5. The van der Waals surface area contributed by atoms with Gasteiger partial charge in [-0.1, -0.05) is 25.0 Å². The fraction of sp³-hybridized carbons (Fsp3) is 0.640. The summed E-state index contributed by atoms with van der Waals surface area (Å²) in [5.41, 5.74) is 0.984. The van der Waals surface area contributed by atoms with Gasteiger partial charge >= 0.3 is 0 Å². The van der Waals surface area contributed by atoms with E-state index in [-0.39, 0.29) is 5.91 Å². The van der Waals surface area contributed by atoms with E-state index < -0.39 is 0 Å². The van der Waals surface area contributed by atoms with Crippen LogP contribution in [0.25, 0.3) is 10.9 Å². The summed E-state index contributed by atoms with van der Waals surface area (Å²) in [4.78, 5) is 29.5. The summed E-state index contributed by atoms with van der Waals surface area (Å²) >= 11 is 0. The van der Waals surface area contributed by atoms with Crippen molar-refractivity contribution in [3.05, 3.63) is 30.1 Å². The number of amides is 1. The Morgan fingerprint density at radius 1 is 1.03 bits per heavy atom. The Bertz CT molecular complexity index is 943. The van der Waals surface area contributed by atoms with E-state index in [1.807, 2.05) is 6.07 Å². The Hall–Kier alpha value is -2.25. The molecule has 7 heteroatoms. The van der Waals surface area contributed by atoms with E-state index in [0.29, 0.717) is 25.0 Å². The normalized spacial score (nSPS) is 23.4. The topological polar surface area (TPSA) is 61.8 Å². The van der Waals surface area contributed by atoms with Crippen LogP contribution in [0, 0.1) is 5.92 Å². The maximum absolute atomic E-state index is 12.8. The lowest BCUT2D eigenvalue weighted by atomic mass is 9.98. The van der Waals surface area contributed by atoms with Crippen LogP contribution < -0.4 is 4.90 Å². The van der Waals surface area contributed by atoms with Crippen LogP contribution in [-0.4, -0.2) is 78.2 Å². The molecule has 0 spiro atoms. The highest BCUT2D eigenvalue weighted by atomic mass is 16.5. The molecule has 2 saturated heterocycles. The van der Waals surface area contributed by atoms with E-state index in [9.17, 15) is 4.79 Å². The van der Waals surface area contributed by atoms with E-state index in [1.54, 1.807) is 7.11 Å². The molecule has 1 aliphatic carbocycles. The molecule has 1 aromatic carbocycles. The molecule has 3 aliphatic rings. The number of piperidine rings is 1. The molecule has 5 rings (SSSR count). The number of para-hydroxylation sites is 1. The minimum absolute atomic E-state index is 0.266. The zero-order chi connectivity index (χ0) is 21.9. The molecule has 2 aliphatic heterocycles. The van der Waals surface area contributed by atoms with Gasteiger partial charge in [-0.2, -0.15) is 0 Å². The van der Waals surface area contributed by atoms with E-state index in [2.05, 4.69) is 32.9 Å². The summed E-state index contributed by atoms with van der Waals surface area (Å²) in [5, 5.41) is 1.11. The second-order valence-electron chi connectivity index (χ2n) is 9.63. The van der Waals surface area contributed by atoms with Gasteiger partial charge in [0.25, 0.3) is 0 Å². The summed E-state index contributed by atoms with van der Waals surface area (Å²) in [6.07, 6.45) is 7.21. The molecule has 0 radical (unpaired) electrons. The monoisotopic (exact) mass is 437 g/mol. The maximum Gasteiger partial charge on any atom is 0.237 e. The highest BCUT2D eigenvalue weighted by Crippen LogP contribution is 2.29. The van der Waals surface area contributed by atoms with Crippen molar-refractivity contribution in [2.75, 3.05) is 51.3 Å². The third-order valence-electron chi connectivity index (χ3n) is 7.32. The van der Waals surface area contributed by atoms with Crippen LogP contribution in [0.1, 0.15) is 44.3 Å². The largest absolute Gasteiger partial charge is 0.384 e. The van der Waals surface area contributed by atoms with E-state index in [4.69, 9.17) is 14.7 Å². The molecule has 1 saturated carbocycles. The second kappa shape index (κ2) is 9.71. The van der Waals surface area contributed by atoms with Crippen LogP contribution in [-0.2, 0) is 16.1 Å². The van der Waals surface area contributed by atoms with Crippen LogP contribution in [0.2, 0.25) is 0 Å². The molecular weight excluding hydrogens is 402 g/mol. The Morgan fingerprint density at radius 2 is 1.88 bits per heavy atom. The molecule has 0 bridgehead atoms. The Labute approximate surface area is 190 Å². The average Bonchev–Trinajstić information content (AvgIpc) is 3.34. The van der Waals surface area contributed by atoms with Crippen molar-refractivity contribution >= 4 is 22.6 Å². The minimum Gasteiger partial charge on any atom is -0.384 e. The lowest BCUT2D eigenvalue weighted by Crippen LogP contribution is -2.53. The van der Waals surface area contributed by atoms with Crippen LogP contribution in [0.3, 0.4) is 0 Å². The Balaban J connectivity index is 1.34. The van der Waals surface area contributed by atoms with E-state index >= 15 is 0 Å². The molecule has 0 N–H and O–H groups in total. The van der Waals surface area contributed by atoms with Gasteiger partial charge in [-0.3, -0.25) is 9.69 Å². The molecule has 1 amide bonds. The fourth-order valence-corrected chi connectivity index (χ4v) is 5.72. The van der Waals surface area contributed by atoms with Gasteiger partial charge in [-0.15, -0.1) is 0 Å². The van der Waals surface area contributed by atoms with Crippen molar-refractivity contribution < 1.29 is 9.53 Å². The Kier molecular flexibility index (Phi) is 6.55. The summed E-state index contributed by atoms with van der Waals surface area (Å²) < 4.78 is 5.43. The molecule has 2 aromatic rings. The number of ether oxygens (including phenoxy) is 1. The highest BCUT2D eigenvalue weighted by molar-refractivity contribution is 5.89.